The Kier molecular flexibility index (Phi) is 8.28. The average molecular weight is 527 g/mol. The van der Waals surface area contributed by atoms with Crippen LogP contribution in [-0.4, -0.2) is 37.6 Å². The lowest BCUT2D eigenvalue weighted by atomic mass is 9.97. The molecule has 0 aliphatic heterocycles. The van der Waals surface area contributed by atoms with Crippen LogP contribution in [0.2, 0.25) is 5.15 Å². The highest BCUT2D eigenvalue weighted by atomic mass is 35.5. The predicted molar refractivity (Wildman–Crippen MR) is 129 cm³/mol. The second-order valence-electron chi connectivity index (χ2n) is 7.74. The molecule has 0 fully saturated rings. The second kappa shape index (κ2) is 11.0. The van der Waals surface area contributed by atoms with E-state index in [0.29, 0.717) is 16.7 Å². The molecule has 3 aromatic rings. The highest BCUT2D eigenvalue weighted by Gasteiger charge is 2.32. The Morgan fingerprint density at radius 1 is 1.23 bits per heavy atom. The normalized spacial score (nSPS) is 12.3. The van der Waals surface area contributed by atoms with Crippen LogP contribution in [0.3, 0.4) is 0 Å². The number of halogens is 4. The zero-order valence-electron chi connectivity index (χ0n) is 18.9. The van der Waals surface area contributed by atoms with Crippen LogP contribution in [0.25, 0.3) is 11.1 Å². The van der Waals surface area contributed by atoms with Crippen molar-refractivity contribution in [2.45, 2.75) is 33.0 Å². The molecule has 0 spiro atoms. The monoisotopic (exact) mass is 526 g/mol. The van der Waals surface area contributed by atoms with E-state index < -0.39 is 18.0 Å². The molecule has 1 amide bonds. The van der Waals surface area contributed by atoms with Crippen LogP contribution in [0, 0.1) is 5.92 Å². The van der Waals surface area contributed by atoms with Gasteiger partial charge in [-0.15, -0.1) is 0 Å². The Morgan fingerprint density at radius 2 is 1.97 bits per heavy atom. The van der Waals surface area contributed by atoms with Crippen LogP contribution in [0.5, 0.6) is 0 Å². The Hall–Kier alpha value is -3.25. The Labute approximate surface area is 209 Å². The highest BCUT2D eigenvalue weighted by molar-refractivity contribution is 7.80. The van der Waals surface area contributed by atoms with E-state index >= 15 is 0 Å². The number of hydrogen-bond acceptors (Lipinski definition) is 6. The van der Waals surface area contributed by atoms with Gasteiger partial charge >= 0.3 is 12.3 Å². The van der Waals surface area contributed by atoms with Gasteiger partial charge in [-0.05, 0) is 54.4 Å². The lowest BCUT2D eigenvalue weighted by Gasteiger charge is -2.22. The molecule has 0 aromatic carbocycles. The SMILES string of the molecule is CCOC(=O)NC(=S)Nc1cc(-c2cnn(C(c3ccc(C(F)(F)F)nc3)C(C)C)c2)cc(Cl)n1. The number of alkyl halides is 3. The van der Waals surface area contributed by atoms with Crippen LogP contribution in [0.4, 0.5) is 23.8 Å². The van der Waals surface area contributed by atoms with Gasteiger partial charge in [0.2, 0.25) is 0 Å². The molecule has 3 heterocycles. The van der Waals surface area contributed by atoms with E-state index in [2.05, 4.69) is 25.7 Å². The molecule has 1 unspecified atom stereocenters. The number of alkyl carbamates (subject to hydrolysis) is 1. The number of ether oxygens (including phenoxy) is 1. The molecule has 0 bridgehead atoms. The summed E-state index contributed by atoms with van der Waals surface area (Å²) in [5.74, 6) is 0.292. The molecule has 0 saturated heterocycles. The summed E-state index contributed by atoms with van der Waals surface area (Å²) >= 11 is 11.3. The maximum Gasteiger partial charge on any atom is 0.433 e. The lowest BCUT2D eigenvalue weighted by molar-refractivity contribution is -0.141. The Balaban J connectivity index is 1.85. The van der Waals surface area contributed by atoms with Crippen LogP contribution in [0.15, 0.2) is 42.9 Å². The van der Waals surface area contributed by atoms with Gasteiger partial charge in [0.25, 0.3) is 0 Å². The minimum Gasteiger partial charge on any atom is -0.450 e. The summed E-state index contributed by atoms with van der Waals surface area (Å²) in [6.45, 7) is 5.73. The third-order valence-corrected chi connectivity index (χ3v) is 5.19. The molecule has 2 N–H and O–H groups in total. The largest absolute Gasteiger partial charge is 0.450 e. The number of nitrogens with one attached hydrogen (secondary N) is 2. The fourth-order valence-electron chi connectivity index (χ4n) is 3.37. The van der Waals surface area contributed by atoms with Crippen LogP contribution in [0.1, 0.15) is 38.1 Å². The summed E-state index contributed by atoms with van der Waals surface area (Å²) in [4.78, 5) is 19.2. The summed E-state index contributed by atoms with van der Waals surface area (Å²) < 4.78 is 45.1. The maximum atomic E-state index is 12.9. The fraction of sp³-hybridized carbons (Fsp3) is 0.318. The van der Waals surface area contributed by atoms with Crippen molar-refractivity contribution in [2.24, 2.45) is 5.92 Å². The molecule has 3 aromatic heterocycles. The Morgan fingerprint density at radius 3 is 2.57 bits per heavy atom. The van der Waals surface area contributed by atoms with Gasteiger partial charge in [0.15, 0.2) is 5.11 Å². The molecule has 8 nitrogen and oxygen atoms in total. The van der Waals surface area contributed by atoms with E-state index in [4.69, 9.17) is 28.6 Å². The highest BCUT2D eigenvalue weighted by Crippen LogP contribution is 2.32. The summed E-state index contributed by atoms with van der Waals surface area (Å²) in [5, 5.41) is 9.70. The van der Waals surface area contributed by atoms with Crippen LogP contribution in [-0.2, 0) is 10.9 Å². The standard InChI is InChI=1S/C22H22ClF3N6O2S/c1-4-34-21(33)31-20(35)30-18-8-14(7-17(23)29-18)15-10-28-32(11-15)19(12(2)3)13-5-6-16(27-9-13)22(24,25)26/h5-12,19H,4H2,1-3H3,(H2,29,30,31,33,35). The minimum absolute atomic E-state index is 0.00543. The third-order valence-electron chi connectivity index (χ3n) is 4.80. The number of nitrogens with zero attached hydrogens (tertiary/aromatic N) is 4. The Bertz CT molecular complexity index is 1200. The minimum atomic E-state index is -4.51. The predicted octanol–water partition coefficient (Wildman–Crippen LogP) is 5.70. The van der Waals surface area contributed by atoms with Gasteiger partial charge in [-0.1, -0.05) is 31.5 Å². The van der Waals surface area contributed by atoms with Crippen molar-refractivity contribution in [2.75, 3.05) is 11.9 Å². The van der Waals surface area contributed by atoms with E-state index in [1.165, 1.54) is 12.3 Å². The second-order valence-corrected chi connectivity index (χ2v) is 8.53. The number of pyridine rings is 2. The van der Waals surface area contributed by atoms with Crippen molar-refractivity contribution in [3.05, 3.63) is 59.3 Å². The van der Waals surface area contributed by atoms with Crippen molar-refractivity contribution in [1.82, 2.24) is 25.1 Å². The molecule has 3 rings (SSSR count). The lowest BCUT2D eigenvalue weighted by Crippen LogP contribution is -2.34. The van der Waals surface area contributed by atoms with Gasteiger partial charge in [-0.2, -0.15) is 18.3 Å². The number of hydrogen-bond donors (Lipinski definition) is 2. The summed E-state index contributed by atoms with van der Waals surface area (Å²) in [7, 11) is 0. The number of thiocarbonyl (C=S) groups is 1. The zero-order chi connectivity index (χ0) is 25.8. The number of anilines is 1. The number of amides is 1. The first kappa shape index (κ1) is 26.4. The molecule has 0 aliphatic carbocycles. The van der Waals surface area contributed by atoms with Gasteiger partial charge in [-0.25, -0.2) is 9.78 Å². The molecule has 13 heteroatoms. The van der Waals surface area contributed by atoms with Gasteiger partial charge in [0.1, 0.15) is 16.7 Å². The van der Waals surface area contributed by atoms with E-state index in [9.17, 15) is 18.0 Å². The average Bonchev–Trinajstić information content (AvgIpc) is 3.22. The first-order chi connectivity index (χ1) is 16.5. The van der Waals surface area contributed by atoms with Gasteiger partial charge in [0.05, 0.1) is 18.8 Å². The molecular weight excluding hydrogens is 505 g/mol. The van der Waals surface area contributed by atoms with Crippen molar-refractivity contribution in [3.63, 3.8) is 0 Å². The van der Waals surface area contributed by atoms with Crippen LogP contribution < -0.4 is 10.6 Å². The fourth-order valence-corrected chi connectivity index (χ4v) is 3.76. The number of carbonyl (C=O) groups excluding carboxylic acids is 1. The molecule has 0 radical (unpaired) electrons. The smallest absolute Gasteiger partial charge is 0.433 e. The molecular formula is C22H22ClF3N6O2S. The quantitative estimate of drug-likeness (QED) is 0.314. The topological polar surface area (TPSA) is 94.0 Å². The third kappa shape index (κ3) is 6.89. The number of carbonyl (C=O) groups is 1. The maximum absolute atomic E-state index is 12.9. The number of rotatable bonds is 6. The van der Waals surface area contributed by atoms with Crippen molar-refractivity contribution < 1.29 is 22.7 Å². The van der Waals surface area contributed by atoms with Crippen LogP contribution >= 0.6 is 23.8 Å². The molecule has 186 valence electrons. The first-order valence-electron chi connectivity index (χ1n) is 10.5. The summed E-state index contributed by atoms with van der Waals surface area (Å²) in [6.07, 6.45) is -0.626. The molecule has 35 heavy (non-hydrogen) atoms. The summed E-state index contributed by atoms with van der Waals surface area (Å²) in [5.41, 5.74) is 0.984. The molecule has 0 saturated carbocycles. The van der Waals surface area contributed by atoms with E-state index in [0.717, 1.165) is 6.07 Å². The van der Waals surface area contributed by atoms with E-state index in [-0.39, 0.29) is 34.7 Å². The zero-order valence-corrected chi connectivity index (χ0v) is 20.5. The van der Waals surface area contributed by atoms with E-state index in [1.54, 1.807) is 36.1 Å². The van der Waals surface area contributed by atoms with Gasteiger partial charge in [-0.3, -0.25) is 15.0 Å². The number of aromatic nitrogens is 4. The molecule has 1 atom stereocenters. The van der Waals surface area contributed by atoms with Gasteiger partial charge < -0.3 is 10.1 Å². The summed E-state index contributed by atoms with van der Waals surface area (Å²) in [6, 6.07) is 5.30. The van der Waals surface area contributed by atoms with Crippen molar-refractivity contribution in [3.8, 4) is 11.1 Å². The van der Waals surface area contributed by atoms with Crippen molar-refractivity contribution in [1.29, 1.82) is 0 Å². The molecule has 0 aliphatic rings. The first-order valence-corrected chi connectivity index (χ1v) is 11.3. The van der Waals surface area contributed by atoms with E-state index in [1.807, 2.05) is 13.8 Å². The van der Waals surface area contributed by atoms with Crippen molar-refractivity contribution >= 4 is 40.8 Å². The van der Waals surface area contributed by atoms with Gasteiger partial charge in [0, 0.05) is 18.0 Å².